The van der Waals surface area contributed by atoms with Crippen LogP contribution in [0.25, 0.3) is 0 Å². The minimum absolute atomic E-state index is 0.158. The lowest BCUT2D eigenvalue weighted by molar-refractivity contribution is 0.0185. The standard InChI is InChI=1S/C17H23FN2O4S/c1-17(2,3)23-16(22)20-9-5-7-13(11-20)19-15(21)12-6-4-8-14(10-12)24-25-18/h4,6,8,10,13H,5,7,9,11H2,1-3H3,(H,19,21)/t13-/m1/s1. The first-order valence-electron chi connectivity index (χ1n) is 8.12. The van der Waals surface area contributed by atoms with Gasteiger partial charge in [0.05, 0.1) is 0 Å². The number of likely N-dealkylation sites (tertiary alicyclic amines) is 1. The van der Waals surface area contributed by atoms with Gasteiger partial charge in [-0.05, 0) is 51.8 Å². The van der Waals surface area contributed by atoms with Crippen molar-refractivity contribution in [2.45, 2.75) is 45.3 Å². The van der Waals surface area contributed by atoms with Gasteiger partial charge in [-0.3, -0.25) is 4.79 Å². The highest BCUT2D eigenvalue weighted by Crippen LogP contribution is 2.19. The lowest BCUT2D eigenvalue weighted by atomic mass is 10.1. The Balaban J connectivity index is 1.94. The van der Waals surface area contributed by atoms with Gasteiger partial charge in [-0.25, -0.2) is 4.79 Å². The van der Waals surface area contributed by atoms with Crippen LogP contribution in [0.1, 0.15) is 44.0 Å². The van der Waals surface area contributed by atoms with Gasteiger partial charge in [0, 0.05) is 24.7 Å². The second-order valence-corrected chi connectivity index (χ2v) is 7.21. The highest BCUT2D eigenvalue weighted by atomic mass is 32.2. The molecule has 1 aliphatic heterocycles. The Bertz CT molecular complexity index is 621. The second-order valence-electron chi connectivity index (χ2n) is 6.91. The van der Waals surface area contributed by atoms with E-state index in [-0.39, 0.29) is 36.2 Å². The van der Waals surface area contributed by atoms with E-state index in [0.29, 0.717) is 18.7 Å². The molecule has 0 spiro atoms. The van der Waals surface area contributed by atoms with Crippen LogP contribution < -0.4 is 9.50 Å². The molecule has 138 valence electrons. The second kappa shape index (κ2) is 8.42. The van der Waals surface area contributed by atoms with Crippen molar-refractivity contribution in [2.24, 2.45) is 0 Å². The summed E-state index contributed by atoms with van der Waals surface area (Å²) in [5.41, 5.74) is -0.178. The number of carbonyl (C=O) groups is 2. The highest BCUT2D eigenvalue weighted by molar-refractivity contribution is 7.89. The third-order valence-corrected chi connectivity index (χ3v) is 3.89. The van der Waals surface area contributed by atoms with Crippen LogP contribution in [-0.2, 0) is 4.74 Å². The molecule has 1 aromatic rings. The van der Waals surface area contributed by atoms with Crippen molar-refractivity contribution in [3.63, 3.8) is 0 Å². The molecule has 0 unspecified atom stereocenters. The van der Waals surface area contributed by atoms with Crippen molar-refractivity contribution in [1.82, 2.24) is 10.2 Å². The summed E-state index contributed by atoms with van der Waals surface area (Å²) in [6, 6.07) is 6.12. The molecule has 25 heavy (non-hydrogen) atoms. The molecule has 0 radical (unpaired) electrons. The highest BCUT2D eigenvalue weighted by Gasteiger charge is 2.28. The number of ether oxygens (including phenoxy) is 1. The molecule has 6 nitrogen and oxygen atoms in total. The summed E-state index contributed by atoms with van der Waals surface area (Å²) in [4.78, 5) is 26.2. The van der Waals surface area contributed by atoms with Gasteiger partial charge >= 0.3 is 6.09 Å². The summed E-state index contributed by atoms with van der Waals surface area (Å²) in [6.07, 6.45) is 1.19. The largest absolute Gasteiger partial charge is 0.444 e. The number of benzene rings is 1. The first kappa shape index (κ1) is 19.4. The molecule has 1 saturated heterocycles. The van der Waals surface area contributed by atoms with Crippen LogP contribution in [0.3, 0.4) is 0 Å². The summed E-state index contributed by atoms with van der Waals surface area (Å²) >= 11 is -0.271. The topological polar surface area (TPSA) is 67.9 Å². The molecule has 1 aromatic carbocycles. The van der Waals surface area contributed by atoms with Gasteiger partial charge in [0.15, 0.2) is 0 Å². The van der Waals surface area contributed by atoms with E-state index in [2.05, 4.69) is 9.50 Å². The molecule has 1 heterocycles. The lowest BCUT2D eigenvalue weighted by Crippen LogP contribution is -2.50. The van der Waals surface area contributed by atoms with E-state index < -0.39 is 5.60 Å². The fourth-order valence-electron chi connectivity index (χ4n) is 2.58. The number of hydrogen-bond acceptors (Lipinski definition) is 5. The number of nitrogens with zero attached hydrogens (tertiary/aromatic N) is 1. The average Bonchev–Trinajstić information content (AvgIpc) is 2.54. The Morgan fingerprint density at radius 2 is 2.12 bits per heavy atom. The number of amides is 2. The molecular weight excluding hydrogens is 347 g/mol. The van der Waals surface area contributed by atoms with Crippen molar-refractivity contribution >= 4 is 24.4 Å². The molecule has 0 aromatic heterocycles. The number of rotatable bonds is 4. The quantitative estimate of drug-likeness (QED) is 0.818. The third-order valence-electron chi connectivity index (χ3n) is 3.63. The smallest absolute Gasteiger partial charge is 0.410 e. The van der Waals surface area contributed by atoms with Gasteiger partial charge in [-0.2, -0.15) is 0 Å². The van der Waals surface area contributed by atoms with Gasteiger partial charge < -0.3 is 19.1 Å². The zero-order chi connectivity index (χ0) is 18.4. The predicted molar refractivity (Wildman–Crippen MR) is 94.1 cm³/mol. The molecule has 0 aliphatic carbocycles. The first-order chi connectivity index (χ1) is 11.8. The predicted octanol–water partition coefficient (Wildman–Crippen LogP) is 3.73. The van der Waals surface area contributed by atoms with Crippen LogP contribution in [-0.4, -0.2) is 41.6 Å². The van der Waals surface area contributed by atoms with E-state index in [1.54, 1.807) is 23.1 Å². The molecule has 1 N–H and O–H groups in total. The van der Waals surface area contributed by atoms with E-state index in [9.17, 15) is 13.5 Å². The van der Waals surface area contributed by atoms with Gasteiger partial charge in [0.25, 0.3) is 18.3 Å². The van der Waals surface area contributed by atoms with Crippen LogP contribution >= 0.6 is 12.4 Å². The molecule has 2 rings (SSSR count). The maximum atomic E-state index is 12.4. The van der Waals surface area contributed by atoms with Crippen molar-refractivity contribution in [3.8, 4) is 5.75 Å². The number of carbonyl (C=O) groups excluding carboxylic acids is 2. The zero-order valence-electron chi connectivity index (χ0n) is 14.6. The van der Waals surface area contributed by atoms with Crippen molar-refractivity contribution in [1.29, 1.82) is 0 Å². The Kier molecular flexibility index (Phi) is 6.52. The Hall–Kier alpha value is -1.96. The number of hydrogen-bond donors (Lipinski definition) is 1. The fraction of sp³-hybridized carbons (Fsp3) is 0.529. The summed E-state index contributed by atoms with van der Waals surface area (Å²) < 4.78 is 22.2. The Morgan fingerprint density at radius 3 is 2.80 bits per heavy atom. The normalized spacial score (nSPS) is 17.8. The fourth-order valence-corrected chi connectivity index (χ4v) is 2.76. The first-order valence-corrected chi connectivity index (χ1v) is 8.77. The van der Waals surface area contributed by atoms with E-state index in [0.717, 1.165) is 12.8 Å². The SMILES string of the molecule is CC(C)(C)OC(=O)N1CCC[C@@H](NC(=O)c2cccc(OSF)c2)C1. The molecule has 0 bridgehead atoms. The van der Waals surface area contributed by atoms with Crippen LogP contribution in [0.15, 0.2) is 24.3 Å². The summed E-state index contributed by atoms with van der Waals surface area (Å²) in [5.74, 6) is -0.0236. The molecule has 8 heteroatoms. The van der Waals surface area contributed by atoms with Crippen LogP contribution in [0.2, 0.25) is 0 Å². The molecule has 1 fully saturated rings. The van der Waals surface area contributed by atoms with Crippen LogP contribution in [0, 0.1) is 0 Å². The summed E-state index contributed by atoms with van der Waals surface area (Å²) in [6.45, 7) is 6.46. The number of halogens is 1. The van der Waals surface area contributed by atoms with Crippen molar-refractivity contribution in [2.75, 3.05) is 13.1 Å². The van der Waals surface area contributed by atoms with E-state index in [1.807, 2.05) is 20.8 Å². The molecule has 1 aliphatic rings. The van der Waals surface area contributed by atoms with Crippen LogP contribution in [0.5, 0.6) is 5.75 Å². The molecular formula is C17H23FN2O4S. The van der Waals surface area contributed by atoms with Gasteiger partial charge in [0.2, 0.25) is 0 Å². The number of piperidine rings is 1. The Labute approximate surface area is 151 Å². The third kappa shape index (κ3) is 6.12. The maximum absolute atomic E-state index is 12.4. The van der Waals surface area contributed by atoms with Gasteiger partial charge in [-0.15, -0.1) is 3.89 Å². The molecule has 2 amide bonds. The van der Waals surface area contributed by atoms with Gasteiger partial charge in [0.1, 0.15) is 11.4 Å². The summed E-state index contributed by atoms with van der Waals surface area (Å²) in [7, 11) is 0. The van der Waals surface area contributed by atoms with Crippen molar-refractivity contribution < 1.29 is 22.4 Å². The minimum atomic E-state index is -0.553. The average molecular weight is 370 g/mol. The molecule has 1 atom stereocenters. The monoisotopic (exact) mass is 370 g/mol. The van der Waals surface area contributed by atoms with E-state index >= 15 is 0 Å². The maximum Gasteiger partial charge on any atom is 0.410 e. The van der Waals surface area contributed by atoms with Crippen molar-refractivity contribution in [3.05, 3.63) is 29.8 Å². The van der Waals surface area contributed by atoms with E-state index in [1.165, 1.54) is 6.07 Å². The lowest BCUT2D eigenvalue weighted by Gasteiger charge is -2.34. The zero-order valence-corrected chi connectivity index (χ0v) is 15.4. The number of nitrogens with one attached hydrogen (secondary N) is 1. The van der Waals surface area contributed by atoms with E-state index in [4.69, 9.17) is 4.74 Å². The van der Waals surface area contributed by atoms with Gasteiger partial charge in [-0.1, -0.05) is 6.07 Å². The molecule has 0 saturated carbocycles. The van der Waals surface area contributed by atoms with Crippen LogP contribution in [0.4, 0.5) is 8.68 Å². The Morgan fingerprint density at radius 1 is 1.36 bits per heavy atom. The summed E-state index contributed by atoms with van der Waals surface area (Å²) in [5, 5.41) is 2.91. The minimum Gasteiger partial charge on any atom is -0.444 e.